The van der Waals surface area contributed by atoms with Crippen LogP contribution in [0.1, 0.15) is 0 Å². The topological polar surface area (TPSA) is 0 Å². The van der Waals surface area contributed by atoms with E-state index < -0.39 is 0 Å². The van der Waals surface area contributed by atoms with E-state index in [0.29, 0.717) is 0 Å². The Morgan fingerprint density at radius 3 is 2.29 bits per heavy atom. The Labute approximate surface area is 57.8 Å². The lowest BCUT2D eigenvalue weighted by Gasteiger charge is -1.93. The first-order valence-corrected chi connectivity index (χ1v) is 5.24. The molecule has 0 rings (SSSR count). The van der Waals surface area contributed by atoms with E-state index in [2.05, 4.69) is 7.85 Å². The number of hydrogen-bond donors (Lipinski definition) is 0. The Kier molecular flexibility index (Phi) is 5.62. The molecule has 0 nitrogen and oxygen atoms in total. The predicted molar refractivity (Wildman–Crippen MR) is 42.2 cm³/mol. The summed E-state index contributed by atoms with van der Waals surface area (Å²) in [7, 11) is 2.03. The fourth-order valence-corrected chi connectivity index (χ4v) is 2.00. The Bertz CT molecular complexity index is 41.9. The van der Waals surface area contributed by atoms with Gasteiger partial charge in [-0.2, -0.15) is 0 Å². The highest BCUT2D eigenvalue weighted by molar-refractivity contribution is 6.68. The second-order valence-electron chi connectivity index (χ2n) is 1.53. The summed E-state index contributed by atoms with van der Waals surface area (Å²) >= 11 is 11.0. The van der Waals surface area contributed by atoms with Crippen LogP contribution in [0.3, 0.4) is 0 Å². The smallest absolute Gasteiger partial charge is 0.100 e. The van der Waals surface area contributed by atoms with Gasteiger partial charge in [-0.25, -0.2) is 0 Å². The zero-order chi connectivity index (χ0) is 5.70. The summed E-state index contributed by atoms with van der Waals surface area (Å²) in [5.41, 5.74) is 0. The van der Waals surface area contributed by atoms with Crippen LogP contribution >= 0.6 is 23.2 Å². The maximum absolute atomic E-state index is 5.48. The second kappa shape index (κ2) is 5.01. The van der Waals surface area contributed by atoms with Crippen LogP contribution in [0.25, 0.3) is 0 Å². The van der Waals surface area contributed by atoms with Crippen LogP contribution in [0.4, 0.5) is 0 Å². The monoisotopic (exact) mass is 154 g/mol. The Balaban J connectivity index is 2.68. The van der Waals surface area contributed by atoms with Gasteiger partial charge in [-0.15, -0.1) is 23.2 Å². The van der Waals surface area contributed by atoms with Crippen molar-refractivity contribution in [3.63, 3.8) is 0 Å². The van der Waals surface area contributed by atoms with Gasteiger partial charge < -0.3 is 0 Å². The first kappa shape index (κ1) is 7.86. The molecule has 0 bridgehead atoms. The SMILES string of the molecule is BCC[SiH2]C(Cl)Cl. The molecule has 0 aromatic rings. The van der Waals surface area contributed by atoms with E-state index in [1.807, 2.05) is 0 Å². The van der Waals surface area contributed by atoms with E-state index in [9.17, 15) is 0 Å². The molecule has 0 radical (unpaired) electrons. The Morgan fingerprint density at radius 2 is 2.14 bits per heavy atom. The molecule has 0 heterocycles. The summed E-state index contributed by atoms with van der Waals surface area (Å²) in [4.78, 5) is 0. The van der Waals surface area contributed by atoms with Crippen LogP contribution in [0.5, 0.6) is 0 Å². The molecule has 42 valence electrons. The number of alkyl halides is 2. The highest BCUT2D eigenvalue weighted by Crippen LogP contribution is 2.01. The zero-order valence-electron chi connectivity index (χ0n) is 4.45. The van der Waals surface area contributed by atoms with Crippen molar-refractivity contribution in [3.05, 3.63) is 0 Å². The zero-order valence-corrected chi connectivity index (χ0v) is 7.38. The largest absolute Gasteiger partial charge is 0.110 e. The van der Waals surface area contributed by atoms with Crippen LogP contribution in [-0.4, -0.2) is 21.8 Å². The van der Waals surface area contributed by atoms with E-state index >= 15 is 0 Å². The maximum Gasteiger partial charge on any atom is 0.100 e. The van der Waals surface area contributed by atoms with Crippen molar-refractivity contribution in [2.24, 2.45) is 0 Å². The molecule has 4 heteroatoms. The van der Waals surface area contributed by atoms with Crippen LogP contribution in [-0.2, 0) is 0 Å². The fourth-order valence-electron chi connectivity index (χ4n) is 0.358. The summed E-state index contributed by atoms with van der Waals surface area (Å²) in [6.45, 7) is 0. The Morgan fingerprint density at radius 1 is 1.57 bits per heavy atom. The van der Waals surface area contributed by atoms with Gasteiger partial charge in [-0.05, 0) is 0 Å². The summed E-state index contributed by atoms with van der Waals surface area (Å²) < 4.78 is -0.0139. The molecule has 0 aromatic heterocycles. The lowest BCUT2D eigenvalue weighted by molar-refractivity contribution is 1.42. The van der Waals surface area contributed by atoms with Crippen molar-refractivity contribution in [2.45, 2.75) is 16.8 Å². The van der Waals surface area contributed by atoms with Gasteiger partial charge in [0.2, 0.25) is 0 Å². The van der Waals surface area contributed by atoms with Crippen molar-refractivity contribution in [3.8, 4) is 0 Å². The van der Waals surface area contributed by atoms with E-state index in [0.717, 1.165) is 0 Å². The number of halogens is 2. The summed E-state index contributed by atoms with van der Waals surface area (Å²) in [5.74, 6) is 0. The minimum atomic E-state index is -0.123. The molecule has 0 atom stereocenters. The normalized spacial score (nSPS) is 11.9. The third-order valence-corrected chi connectivity index (χ3v) is 3.64. The van der Waals surface area contributed by atoms with Crippen molar-refractivity contribution < 1.29 is 0 Å². The minimum Gasteiger partial charge on any atom is -0.110 e. The standard InChI is InChI=1S/C3H9BCl2Si/c4-1-2-7-3(5)6/h3H,1-2,4,7H2. The third-order valence-electron chi connectivity index (χ3n) is 0.776. The summed E-state index contributed by atoms with van der Waals surface area (Å²) in [6.07, 6.45) is 1.24. The van der Waals surface area contributed by atoms with Crippen LogP contribution in [0, 0.1) is 0 Å². The van der Waals surface area contributed by atoms with Crippen LogP contribution in [0.2, 0.25) is 12.4 Å². The van der Waals surface area contributed by atoms with E-state index in [4.69, 9.17) is 23.2 Å². The first-order chi connectivity index (χ1) is 3.27. The quantitative estimate of drug-likeness (QED) is 0.408. The fraction of sp³-hybridized carbons (Fsp3) is 1.00. The third kappa shape index (κ3) is 6.86. The Hall–Kier alpha value is 0.862. The molecule has 0 spiro atoms. The molecule has 0 fully saturated rings. The molecule has 0 saturated heterocycles. The molecule has 7 heavy (non-hydrogen) atoms. The van der Waals surface area contributed by atoms with Gasteiger partial charge in [-0.1, -0.05) is 12.4 Å². The van der Waals surface area contributed by atoms with Gasteiger partial charge in [0, 0.05) is 0 Å². The van der Waals surface area contributed by atoms with Gasteiger partial charge in [0.05, 0.1) is 14.0 Å². The average Bonchev–Trinajstić information content (AvgIpc) is 1.61. The van der Waals surface area contributed by atoms with Gasteiger partial charge in [0.25, 0.3) is 0 Å². The van der Waals surface area contributed by atoms with Crippen LogP contribution in [0.15, 0.2) is 0 Å². The van der Waals surface area contributed by atoms with Gasteiger partial charge in [-0.3, -0.25) is 0 Å². The maximum atomic E-state index is 5.48. The number of hydrogen-bond acceptors (Lipinski definition) is 0. The molecular weight excluding hydrogens is 146 g/mol. The minimum absolute atomic E-state index is 0.0139. The molecule has 0 N–H and O–H groups in total. The van der Waals surface area contributed by atoms with Crippen LogP contribution < -0.4 is 0 Å². The van der Waals surface area contributed by atoms with Gasteiger partial charge in [0.1, 0.15) is 7.85 Å². The second-order valence-corrected chi connectivity index (χ2v) is 5.95. The molecule has 0 aliphatic carbocycles. The predicted octanol–water partition coefficient (Wildman–Crippen LogP) is 0.386. The van der Waals surface area contributed by atoms with E-state index in [-0.39, 0.29) is 14.0 Å². The highest BCUT2D eigenvalue weighted by Gasteiger charge is 1.95. The molecular formula is C3H9BCl2Si. The molecule has 0 unspecified atom stereocenters. The number of rotatable bonds is 3. The molecule has 0 aromatic carbocycles. The summed E-state index contributed by atoms with van der Waals surface area (Å²) in [6, 6.07) is 1.28. The molecule has 0 saturated carbocycles. The first-order valence-electron chi connectivity index (χ1n) is 2.55. The van der Waals surface area contributed by atoms with Crippen molar-refractivity contribution in [1.29, 1.82) is 0 Å². The van der Waals surface area contributed by atoms with Crippen molar-refractivity contribution >= 4 is 40.6 Å². The van der Waals surface area contributed by atoms with Crippen molar-refractivity contribution in [2.75, 3.05) is 0 Å². The molecule has 0 amide bonds. The van der Waals surface area contributed by atoms with E-state index in [1.54, 1.807) is 0 Å². The van der Waals surface area contributed by atoms with Gasteiger partial charge in [0.15, 0.2) is 0 Å². The highest BCUT2D eigenvalue weighted by atomic mass is 35.5. The summed E-state index contributed by atoms with van der Waals surface area (Å²) in [5, 5.41) is 0. The lowest BCUT2D eigenvalue weighted by atomic mass is 10.1. The molecule has 0 aliphatic rings. The average molecular weight is 155 g/mol. The molecule has 0 aliphatic heterocycles. The van der Waals surface area contributed by atoms with Crippen molar-refractivity contribution in [1.82, 2.24) is 0 Å². The van der Waals surface area contributed by atoms with E-state index in [1.165, 1.54) is 12.4 Å². The lowest BCUT2D eigenvalue weighted by Crippen LogP contribution is -1.99. The van der Waals surface area contributed by atoms with Gasteiger partial charge >= 0.3 is 0 Å².